The lowest BCUT2D eigenvalue weighted by Gasteiger charge is -2.07. The van der Waals surface area contributed by atoms with Crippen LogP contribution in [0.25, 0.3) is 0 Å². The topological polar surface area (TPSA) is 51.2 Å². The summed E-state index contributed by atoms with van der Waals surface area (Å²) >= 11 is 3.38. The third-order valence-corrected chi connectivity index (χ3v) is 3.46. The zero-order chi connectivity index (χ0) is 14.4. The van der Waals surface area contributed by atoms with E-state index in [1.807, 2.05) is 12.1 Å². The first-order chi connectivity index (χ1) is 9.70. The van der Waals surface area contributed by atoms with Gasteiger partial charge in [-0.1, -0.05) is 0 Å². The second kappa shape index (κ2) is 7.17. The Hall–Kier alpha value is -1.72. The lowest BCUT2D eigenvalue weighted by atomic mass is 10.1. The molecule has 2 rings (SSSR count). The Balaban J connectivity index is 1.90. The number of nitrogens with zero attached hydrogens (tertiary/aromatic N) is 1. The van der Waals surface area contributed by atoms with Crippen LogP contribution in [0.15, 0.2) is 47.2 Å². The van der Waals surface area contributed by atoms with Crippen molar-refractivity contribution in [1.82, 2.24) is 10.3 Å². The maximum atomic E-state index is 12.1. The number of nitrogens with one attached hydrogen (secondary N) is 1. The van der Waals surface area contributed by atoms with Gasteiger partial charge in [-0.2, -0.15) is 0 Å². The number of benzene rings is 1. The third kappa shape index (κ3) is 3.88. The summed E-state index contributed by atoms with van der Waals surface area (Å²) in [7, 11) is 1.60. The molecular formula is C15H15BrN2O2. The molecule has 0 spiro atoms. The third-order valence-electron chi connectivity index (χ3n) is 2.84. The van der Waals surface area contributed by atoms with Crippen LogP contribution in [0.1, 0.15) is 15.9 Å². The predicted octanol–water partition coefficient (Wildman–Crippen LogP) is 2.83. The summed E-state index contributed by atoms with van der Waals surface area (Å²) in [4.78, 5) is 16.0. The molecule has 0 radical (unpaired) electrons. The number of carbonyl (C=O) groups is 1. The summed E-state index contributed by atoms with van der Waals surface area (Å²) in [5, 5.41) is 3.12. The van der Waals surface area contributed by atoms with Crippen LogP contribution in [0.2, 0.25) is 0 Å². The molecule has 0 aliphatic rings. The SMILES string of the molecule is COc1ccc(C(=O)CNCc2ccncc2)cc1Br. The zero-order valence-corrected chi connectivity index (χ0v) is 12.7. The minimum absolute atomic E-state index is 0.0439. The van der Waals surface area contributed by atoms with Crippen molar-refractivity contribution in [2.45, 2.75) is 6.54 Å². The number of methoxy groups -OCH3 is 1. The Bertz CT molecular complexity index is 588. The van der Waals surface area contributed by atoms with E-state index in [1.165, 1.54) is 0 Å². The molecule has 0 aliphatic carbocycles. The molecule has 20 heavy (non-hydrogen) atoms. The van der Waals surface area contributed by atoms with Crippen LogP contribution >= 0.6 is 15.9 Å². The summed E-state index contributed by atoms with van der Waals surface area (Å²) in [5.41, 5.74) is 1.75. The fourth-order valence-electron chi connectivity index (χ4n) is 1.76. The lowest BCUT2D eigenvalue weighted by Crippen LogP contribution is -2.22. The normalized spacial score (nSPS) is 10.3. The molecule has 1 aromatic heterocycles. The number of aromatic nitrogens is 1. The number of pyridine rings is 1. The van der Waals surface area contributed by atoms with Crippen LogP contribution in [-0.4, -0.2) is 24.4 Å². The summed E-state index contributed by atoms with van der Waals surface area (Å²) < 4.78 is 5.92. The smallest absolute Gasteiger partial charge is 0.176 e. The van der Waals surface area contributed by atoms with Gasteiger partial charge in [-0.15, -0.1) is 0 Å². The van der Waals surface area contributed by atoms with Crippen molar-refractivity contribution >= 4 is 21.7 Å². The van der Waals surface area contributed by atoms with Crippen LogP contribution in [0.4, 0.5) is 0 Å². The summed E-state index contributed by atoms with van der Waals surface area (Å²) in [6.07, 6.45) is 3.47. The van der Waals surface area contributed by atoms with Crippen LogP contribution in [0.3, 0.4) is 0 Å². The van der Waals surface area contributed by atoms with Gasteiger partial charge in [0.15, 0.2) is 5.78 Å². The van der Waals surface area contributed by atoms with E-state index in [2.05, 4.69) is 26.2 Å². The summed E-state index contributed by atoms with van der Waals surface area (Å²) in [6.45, 7) is 0.937. The van der Waals surface area contributed by atoms with Crippen molar-refractivity contribution in [3.05, 3.63) is 58.3 Å². The van der Waals surface area contributed by atoms with Crippen molar-refractivity contribution in [3.63, 3.8) is 0 Å². The average Bonchev–Trinajstić information content (AvgIpc) is 2.48. The highest BCUT2D eigenvalue weighted by molar-refractivity contribution is 9.10. The quantitative estimate of drug-likeness (QED) is 0.825. The van der Waals surface area contributed by atoms with E-state index in [0.717, 1.165) is 10.0 Å². The van der Waals surface area contributed by atoms with Gasteiger partial charge in [0.05, 0.1) is 18.1 Å². The van der Waals surface area contributed by atoms with E-state index in [9.17, 15) is 4.79 Å². The van der Waals surface area contributed by atoms with Gasteiger partial charge in [-0.25, -0.2) is 0 Å². The Morgan fingerprint density at radius 1 is 1.30 bits per heavy atom. The highest BCUT2D eigenvalue weighted by Gasteiger charge is 2.08. The monoisotopic (exact) mass is 334 g/mol. The summed E-state index contributed by atoms with van der Waals surface area (Å²) in [5.74, 6) is 0.758. The van der Waals surface area contributed by atoms with E-state index in [0.29, 0.717) is 24.4 Å². The molecule has 0 atom stereocenters. The van der Waals surface area contributed by atoms with Crippen LogP contribution in [0.5, 0.6) is 5.75 Å². The standard InChI is InChI=1S/C15H15BrN2O2/c1-20-15-3-2-12(8-13(15)16)14(19)10-18-9-11-4-6-17-7-5-11/h2-8,18H,9-10H2,1H3. The Kier molecular flexibility index (Phi) is 5.26. The molecule has 1 aromatic carbocycles. The zero-order valence-electron chi connectivity index (χ0n) is 11.1. The van der Waals surface area contributed by atoms with Crippen LogP contribution in [-0.2, 0) is 6.54 Å². The number of ether oxygens (including phenoxy) is 1. The Morgan fingerprint density at radius 3 is 2.70 bits per heavy atom. The van der Waals surface area contributed by atoms with Gasteiger partial charge in [0, 0.05) is 24.5 Å². The molecular weight excluding hydrogens is 320 g/mol. The first-order valence-corrected chi connectivity index (χ1v) is 6.96. The minimum Gasteiger partial charge on any atom is -0.496 e. The van der Waals surface area contributed by atoms with Gasteiger partial charge in [0.1, 0.15) is 5.75 Å². The number of hydrogen-bond acceptors (Lipinski definition) is 4. The number of rotatable bonds is 6. The molecule has 0 amide bonds. The number of halogens is 1. The van der Waals surface area contributed by atoms with Gasteiger partial charge < -0.3 is 10.1 Å². The molecule has 0 saturated carbocycles. The minimum atomic E-state index is 0.0439. The van der Waals surface area contributed by atoms with E-state index >= 15 is 0 Å². The van der Waals surface area contributed by atoms with Crippen LogP contribution in [0, 0.1) is 0 Å². The fourth-order valence-corrected chi connectivity index (χ4v) is 2.30. The predicted molar refractivity (Wildman–Crippen MR) is 81.0 cm³/mol. The average molecular weight is 335 g/mol. The number of hydrogen-bond donors (Lipinski definition) is 1. The lowest BCUT2D eigenvalue weighted by molar-refractivity contribution is 0.0990. The second-order valence-electron chi connectivity index (χ2n) is 4.23. The largest absolute Gasteiger partial charge is 0.496 e. The van der Waals surface area contributed by atoms with Gasteiger partial charge in [0.2, 0.25) is 0 Å². The van der Waals surface area contributed by atoms with E-state index in [1.54, 1.807) is 37.7 Å². The van der Waals surface area contributed by atoms with Gasteiger partial charge in [-0.05, 0) is 51.8 Å². The maximum Gasteiger partial charge on any atom is 0.176 e. The molecule has 0 unspecified atom stereocenters. The Labute approximate surface area is 126 Å². The van der Waals surface area contributed by atoms with E-state index in [-0.39, 0.29) is 5.78 Å². The van der Waals surface area contributed by atoms with Crippen molar-refractivity contribution in [3.8, 4) is 5.75 Å². The van der Waals surface area contributed by atoms with E-state index in [4.69, 9.17) is 4.74 Å². The molecule has 0 fully saturated rings. The van der Waals surface area contributed by atoms with Crippen molar-refractivity contribution in [2.75, 3.05) is 13.7 Å². The fraction of sp³-hybridized carbons (Fsp3) is 0.200. The molecule has 1 heterocycles. The van der Waals surface area contributed by atoms with Crippen molar-refractivity contribution < 1.29 is 9.53 Å². The highest BCUT2D eigenvalue weighted by Crippen LogP contribution is 2.25. The molecule has 2 aromatic rings. The molecule has 0 bridgehead atoms. The summed E-state index contributed by atoms with van der Waals surface area (Å²) in [6, 6.07) is 9.15. The first-order valence-electron chi connectivity index (χ1n) is 6.17. The molecule has 104 valence electrons. The molecule has 5 heteroatoms. The van der Waals surface area contributed by atoms with Gasteiger partial charge in [0.25, 0.3) is 0 Å². The van der Waals surface area contributed by atoms with Gasteiger partial charge >= 0.3 is 0 Å². The number of ketones is 1. The van der Waals surface area contributed by atoms with Crippen LogP contribution < -0.4 is 10.1 Å². The first kappa shape index (κ1) is 14.7. The molecule has 1 N–H and O–H groups in total. The number of carbonyl (C=O) groups excluding carboxylic acids is 1. The van der Waals surface area contributed by atoms with Gasteiger partial charge in [-0.3, -0.25) is 9.78 Å². The Morgan fingerprint density at radius 2 is 2.05 bits per heavy atom. The van der Waals surface area contributed by atoms with Crippen molar-refractivity contribution in [2.24, 2.45) is 0 Å². The van der Waals surface area contributed by atoms with Crippen molar-refractivity contribution in [1.29, 1.82) is 0 Å². The molecule has 0 aliphatic heterocycles. The molecule has 4 nitrogen and oxygen atoms in total. The number of Topliss-reactive ketones (excluding diaryl/α,β-unsaturated/α-hetero) is 1. The highest BCUT2D eigenvalue weighted by atomic mass is 79.9. The molecule has 0 saturated heterocycles. The second-order valence-corrected chi connectivity index (χ2v) is 5.09. The maximum absolute atomic E-state index is 12.1. The van der Waals surface area contributed by atoms with E-state index < -0.39 is 0 Å².